The van der Waals surface area contributed by atoms with Crippen LogP contribution in [0.25, 0.3) is 146 Å². The van der Waals surface area contributed by atoms with Crippen LogP contribution >= 0.6 is 0 Å². The van der Waals surface area contributed by atoms with E-state index in [1.54, 1.807) is 12.1 Å². The van der Waals surface area contributed by atoms with Crippen molar-refractivity contribution in [2.75, 3.05) is 0 Å². The fraction of sp³-hybridized carbons (Fsp3) is 0.0722. The standard InChI is InChI=1S/C31H20NO.C26H18NO.C25H15FNO.3C5H8O2.3Ir/c1-4-11-22(12-5-1)25-17-10-18-26(21-25)28-20-19-27-29(23-13-6-2-7-14-23)30(33-31(27)32-28)24-15-8-3-9-16-24;1-18-23-15-16-24(27-26(23)28-25(18)20-11-6-3-7-12-20)22-14-8-13-21(17-22)19-9-4-2-5-10-19;26-22-12-9-18(10-13-22)24-16-21-11-14-23(27-25(21)28-24)20-8-4-7-19(15-20)17-5-2-1-3-6-17;3*1-4(6)3-5(2)7;;;/h1-17,19-21H;2-13,15-17H,1H3;1-7,9-16H;3*3,6H,1-2H3;;;/q3*-1;;;;;;. The second-order valence-corrected chi connectivity index (χ2v) is 25.5. The van der Waals surface area contributed by atoms with Crippen LogP contribution in [0.4, 0.5) is 4.39 Å². The summed E-state index contributed by atoms with van der Waals surface area (Å²) in [6.07, 6.45) is 3.50. The van der Waals surface area contributed by atoms with Gasteiger partial charge in [0.25, 0.3) is 0 Å². The Bertz CT molecular complexity index is 5830. The van der Waals surface area contributed by atoms with Gasteiger partial charge < -0.3 is 28.6 Å². The van der Waals surface area contributed by atoms with Gasteiger partial charge >= 0.3 is 0 Å². The first-order valence-corrected chi connectivity index (χ1v) is 35.3. The number of rotatable bonds is 13. The van der Waals surface area contributed by atoms with Crippen LogP contribution in [0.3, 0.4) is 0 Å². The third-order valence-corrected chi connectivity index (χ3v) is 16.8. The molecule has 571 valence electrons. The van der Waals surface area contributed by atoms with Crippen molar-refractivity contribution in [3.8, 4) is 112 Å². The molecule has 0 aliphatic rings. The zero-order valence-electron chi connectivity index (χ0n) is 62.6. The first-order valence-electron chi connectivity index (χ1n) is 35.3. The van der Waals surface area contributed by atoms with E-state index in [9.17, 15) is 18.8 Å². The fourth-order valence-electron chi connectivity index (χ4n) is 11.9. The Morgan fingerprint density at radius 1 is 0.336 bits per heavy atom. The predicted octanol–water partition coefficient (Wildman–Crippen LogP) is 25.1. The quantitative estimate of drug-likeness (QED) is 0.0563. The van der Waals surface area contributed by atoms with Crippen molar-refractivity contribution in [2.45, 2.75) is 48.5 Å². The molecule has 12 nitrogen and oxygen atoms in total. The monoisotopic (exact) mass is 2030 g/mol. The van der Waals surface area contributed by atoms with Crippen molar-refractivity contribution < 1.29 is 108 Å². The SMILES string of the molecule is CC(=O)C=C(C)O.CC(=O)C=C(C)O.CC(=O)C=C(C)O.Cc1c(-c2ccccc2)oc2nc(-c3[c-]ccc(-c4ccccc4)c3)ccc12.Fc1ccc(-c2cc3ccc(-c4[c-]ccc(-c5ccccc5)c4)nc3o2)cc1.[Ir].[Ir].[Ir].[c-]1ccc(-c2ccccc2)cc1-c1ccc2c(-c3ccccc3)c(-c3ccccc3)oc2n1. The molecule has 0 fully saturated rings. The third kappa shape index (κ3) is 24.1. The summed E-state index contributed by atoms with van der Waals surface area (Å²) in [5.74, 6) is 1.93. The molecule has 0 saturated carbocycles. The molecule has 3 radical (unpaired) electrons. The second-order valence-electron chi connectivity index (χ2n) is 25.5. The number of hydrogen-bond donors (Lipinski definition) is 3. The number of carbonyl (C=O) groups is 3. The van der Waals surface area contributed by atoms with Crippen molar-refractivity contribution in [3.63, 3.8) is 0 Å². The van der Waals surface area contributed by atoms with Gasteiger partial charge in [-0.1, -0.05) is 218 Å². The summed E-state index contributed by atoms with van der Waals surface area (Å²) < 4.78 is 31.6. The molecule has 6 aromatic heterocycles. The topological polar surface area (TPSA) is 190 Å². The Labute approximate surface area is 696 Å². The van der Waals surface area contributed by atoms with Crippen LogP contribution in [0.2, 0.25) is 0 Å². The van der Waals surface area contributed by atoms with Gasteiger partial charge in [0.2, 0.25) is 17.1 Å². The zero-order chi connectivity index (χ0) is 77.5. The number of hydrogen-bond acceptors (Lipinski definition) is 12. The Kier molecular flexibility index (Phi) is 32.3. The number of ketones is 3. The molecule has 0 amide bonds. The molecule has 0 bridgehead atoms. The predicted molar refractivity (Wildman–Crippen MR) is 439 cm³/mol. The molecule has 0 atom stereocenters. The molecule has 0 saturated heterocycles. The zero-order valence-corrected chi connectivity index (χ0v) is 69.8. The van der Waals surface area contributed by atoms with E-state index in [0.29, 0.717) is 22.9 Å². The number of halogens is 1. The van der Waals surface area contributed by atoms with Crippen LogP contribution < -0.4 is 0 Å². The maximum Gasteiger partial charge on any atom is 0.218 e. The molecule has 113 heavy (non-hydrogen) atoms. The Morgan fingerprint density at radius 2 is 0.664 bits per heavy atom. The van der Waals surface area contributed by atoms with Gasteiger partial charge in [0, 0.05) is 123 Å². The van der Waals surface area contributed by atoms with Crippen LogP contribution in [0.5, 0.6) is 0 Å². The first-order chi connectivity index (χ1) is 53.3. The molecule has 0 aliphatic carbocycles. The number of benzene rings is 10. The van der Waals surface area contributed by atoms with Gasteiger partial charge in [0.05, 0.1) is 17.3 Å². The maximum atomic E-state index is 13.2. The van der Waals surface area contributed by atoms with Gasteiger partial charge in [-0.05, 0) is 118 Å². The molecule has 16 heteroatoms. The number of aromatic nitrogens is 3. The van der Waals surface area contributed by atoms with Crippen LogP contribution in [0.15, 0.2) is 352 Å². The molecule has 0 aliphatic heterocycles. The van der Waals surface area contributed by atoms with Gasteiger partial charge in [-0.2, -0.15) is 0 Å². The van der Waals surface area contributed by atoms with Gasteiger partial charge in [0.15, 0.2) is 17.3 Å². The number of aryl methyl sites for hydroxylation is 1. The number of aliphatic hydroxyl groups is 3. The van der Waals surface area contributed by atoms with E-state index >= 15 is 0 Å². The molecule has 6 heterocycles. The molecular weight excluding hydrogens is 1950 g/mol. The number of nitrogens with zero attached hydrogens (tertiary/aromatic N) is 3. The molecule has 3 N–H and O–H groups in total. The number of allylic oxidation sites excluding steroid dienone is 6. The third-order valence-electron chi connectivity index (χ3n) is 16.8. The Morgan fingerprint density at radius 3 is 1.04 bits per heavy atom. The van der Waals surface area contributed by atoms with Crippen molar-refractivity contribution >= 4 is 50.6 Å². The fourth-order valence-corrected chi connectivity index (χ4v) is 11.9. The summed E-state index contributed by atoms with van der Waals surface area (Å²) in [6.45, 7) is 10.6. The van der Waals surface area contributed by atoms with E-state index in [-0.39, 0.29) is 101 Å². The summed E-state index contributed by atoms with van der Waals surface area (Å²) in [4.78, 5) is 44.4. The summed E-state index contributed by atoms with van der Waals surface area (Å²) >= 11 is 0. The van der Waals surface area contributed by atoms with Gasteiger partial charge in [0.1, 0.15) is 23.1 Å². The minimum Gasteiger partial charge on any atom is -0.512 e. The second kappa shape index (κ2) is 42.3. The first kappa shape index (κ1) is 86.4. The normalized spacial score (nSPS) is 10.8. The van der Waals surface area contributed by atoms with Crippen molar-refractivity contribution in [2.24, 2.45) is 0 Å². The van der Waals surface area contributed by atoms with Crippen LogP contribution in [0, 0.1) is 30.9 Å². The van der Waals surface area contributed by atoms with Crippen LogP contribution in [-0.2, 0) is 74.7 Å². The number of fused-ring (bicyclic) bond motifs is 3. The van der Waals surface area contributed by atoms with Crippen LogP contribution in [0.1, 0.15) is 47.1 Å². The molecule has 16 rings (SSSR count). The average Bonchev–Trinajstić information content (AvgIpc) is 1.62. The van der Waals surface area contributed by atoms with Crippen molar-refractivity contribution in [3.05, 3.63) is 368 Å². The van der Waals surface area contributed by atoms with E-state index in [1.807, 2.05) is 133 Å². The van der Waals surface area contributed by atoms with Crippen LogP contribution in [-0.4, -0.2) is 47.6 Å². The smallest absolute Gasteiger partial charge is 0.218 e. The van der Waals surface area contributed by atoms with Crippen molar-refractivity contribution in [1.29, 1.82) is 0 Å². The molecule has 0 spiro atoms. The summed E-state index contributed by atoms with van der Waals surface area (Å²) in [5, 5.41) is 28.0. The summed E-state index contributed by atoms with van der Waals surface area (Å²) in [5.41, 5.74) is 20.3. The number of carbonyl (C=O) groups excluding carboxylic acids is 3. The molecular formula is C97H77FIr3N3O9-3. The van der Waals surface area contributed by atoms with Gasteiger partial charge in [-0.25, -0.2) is 4.39 Å². The number of pyridine rings is 3. The largest absolute Gasteiger partial charge is 0.512 e. The summed E-state index contributed by atoms with van der Waals surface area (Å²) in [6, 6.07) is 110. The molecule has 10 aromatic carbocycles. The van der Waals surface area contributed by atoms with Gasteiger partial charge in [-0.3, -0.25) is 29.3 Å². The maximum absolute atomic E-state index is 13.2. The summed E-state index contributed by atoms with van der Waals surface area (Å²) in [7, 11) is 0. The Hall–Kier alpha value is -12.2. The van der Waals surface area contributed by atoms with E-state index in [2.05, 4.69) is 176 Å². The molecule has 0 unspecified atom stereocenters. The minimum atomic E-state index is -0.269. The Balaban J connectivity index is 0.000000186. The number of aliphatic hydroxyl groups excluding tert-OH is 3. The van der Waals surface area contributed by atoms with E-state index in [4.69, 9.17) is 38.5 Å². The van der Waals surface area contributed by atoms with Gasteiger partial charge in [-0.15, -0.1) is 106 Å². The number of furan rings is 3. The van der Waals surface area contributed by atoms with E-state index in [0.717, 1.165) is 117 Å². The molecule has 16 aromatic rings. The van der Waals surface area contributed by atoms with Crippen molar-refractivity contribution in [1.82, 2.24) is 15.0 Å². The minimum absolute atomic E-state index is 0. The van der Waals surface area contributed by atoms with E-state index in [1.165, 1.54) is 83.0 Å². The average molecular weight is 2020 g/mol. The van der Waals surface area contributed by atoms with E-state index < -0.39 is 0 Å².